The Bertz CT molecular complexity index is 1180. The van der Waals surface area contributed by atoms with Crippen LogP contribution in [0.4, 0.5) is 13.2 Å². The maximum absolute atomic E-state index is 13.6. The normalized spacial score (nSPS) is 15.1. The van der Waals surface area contributed by atoms with E-state index in [1.54, 1.807) is 18.5 Å². The largest absolute Gasteiger partial charge is 0.474 e. The molecule has 142 valence electrons. The predicted molar refractivity (Wildman–Crippen MR) is 100 cm³/mol. The van der Waals surface area contributed by atoms with Crippen LogP contribution < -0.4 is 4.74 Å². The van der Waals surface area contributed by atoms with Gasteiger partial charge in [-0.05, 0) is 43.0 Å². The molecule has 7 heteroatoms. The number of aromatic nitrogens is 3. The molecule has 0 aliphatic heterocycles. The summed E-state index contributed by atoms with van der Waals surface area (Å²) in [5, 5.41) is 1.95. The smallest absolute Gasteiger partial charge is 0.421 e. The summed E-state index contributed by atoms with van der Waals surface area (Å²) in [4.78, 5) is 11.4. The molecule has 28 heavy (non-hydrogen) atoms. The molecule has 1 aliphatic carbocycles. The molecule has 0 atom stereocenters. The van der Waals surface area contributed by atoms with Gasteiger partial charge in [0.1, 0.15) is 11.7 Å². The van der Waals surface area contributed by atoms with E-state index in [4.69, 9.17) is 4.74 Å². The van der Waals surface area contributed by atoms with Crippen LogP contribution in [0.3, 0.4) is 0 Å². The Kier molecular flexibility index (Phi) is 3.79. The monoisotopic (exact) mass is 383 g/mol. The maximum Gasteiger partial charge on any atom is 0.421 e. The van der Waals surface area contributed by atoms with Gasteiger partial charge >= 0.3 is 6.18 Å². The summed E-state index contributed by atoms with van der Waals surface area (Å²) < 4.78 is 46.2. The quantitative estimate of drug-likeness (QED) is 0.492. The van der Waals surface area contributed by atoms with Crippen molar-refractivity contribution in [1.29, 1.82) is 0 Å². The molecular weight excluding hydrogens is 367 g/mol. The van der Waals surface area contributed by atoms with Crippen LogP contribution in [0, 0.1) is 0 Å². The first-order valence-electron chi connectivity index (χ1n) is 9.09. The minimum absolute atomic E-state index is 0.171. The van der Waals surface area contributed by atoms with Gasteiger partial charge in [-0.15, -0.1) is 0 Å². The van der Waals surface area contributed by atoms with Gasteiger partial charge in [0.05, 0.1) is 0 Å². The Morgan fingerprint density at radius 1 is 0.964 bits per heavy atom. The van der Waals surface area contributed by atoms with Gasteiger partial charge < -0.3 is 9.72 Å². The van der Waals surface area contributed by atoms with Crippen molar-refractivity contribution >= 4 is 21.8 Å². The van der Waals surface area contributed by atoms with Crippen molar-refractivity contribution in [2.75, 3.05) is 0 Å². The Hall–Kier alpha value is -3.09. The van der Waals surface area contributed by atoms with Crippen molar-refractivity contribution < 1.29 is 17.9 Å². The molecule has 1 aliphatic rings. The number of halogens is 3. The fraction of sp³-hybridized carbons (Fsp3) is 0.238. The molecule has 0 amide bonds. The summed E-state index contributed by atoms with van der Waals surface area (Å²) >= 11 is 0. The lowest BCUT2D eigenvalue weighted by Crippen LogP contribution is -2.26. The van der Waals surface area contributed by atoms with Gasteiger partial charge in [-0.2, -0.15) is 13.2 Å². The third-order valence-electron chi connectivity index (χ3n) is 5.22. The lowest BCUT2D eigenvalue weighted by atomic mass is 9.96. The highest BCUT2D eigenvalue weighted by molar-refractivity contribution is 6.07. The Morgan fingerprint density at radius 2 is 1.82 bits per heavy atom. The first-order valence-corrected chi connectivity index (χ1v) is 9.09. The third kappa shape index (κ3) is 2.87. The molecule has 0 unspecified atom stereocenters. The van der Waals surface area contributed by atoms with Gasteiger partial charge in [-0.1, -0.05) is 12.1 Å². The van der Waals surface area contributed by atoms with Gasteiger partial charge in [0.2, 0.25) is 5.88 Å². The number of pyridine rings is 2. The summed E-state index contributed by atoms with van der Waals surface area (Å²) in [5.74, 6) is -0.335. The van der Waals surface area contributed by atoms with Crippen LogP contribution in [0.1, 0.15) is 24.8 Å². The molecule has 4 nitrogen and oxygen atoms in total. The number of ether oxygens (including phenoxy) is 1. The van der Waals surface area contributed by atoms with E-state index in [2.05, 4.69) is 15.0 Å². The number of alkyl halides is 3. The average Bonchev–Trinajstić information content (AvgIpc) is 3.01. The highest BCUT2D eigenvalue weighted by Gasteiger charge is 2.37. The number of nitrogens with zero attached hydrogens (tertiary/aromatic N) is 2. The van der Waals surface area contributed by atoms with Gasteiger partial charge in [-0.25, -0.2) is 4.98 Å². The molecule has 5 rings (SSSR count). The maximum atomic E-state index is 13.6. The third-order valence-corrected chi connectivity index (χ3v) is 5.22. The molecule has 1 aromatic carbocycles. The van der Waals surface area contributed by atoms with Crippen LogP contribution in [0.15, 0.2) is 48.9 Å². The number of aromatic amines is 1. The average molecular weight is 383 g/mol. The minimum atomic E-state index is -4.53. The summed E-state index contributed by atoms with van der Waals surface area (Å²) in [7, 11) is 0. The van der Waals surface area contributed by atoms with Crippen molar-refractivity contribution in [1.82, 2.24) is 15.0 Å². The fourth-order valence-corrected chi connectivity index (χ4v) is 3.48. The van der Waals surface area contributed by atoms with Crippen LogP contribution in [0.25, 0.3) is 32.9 Å². The summed E-state index contributed by atoms with van der Waals surface area (Å²) in [6, 6.07) is 8.50. The van der Waals surface area contributed by atoms with Crippen molar-refractivity contribution in [3.8, 4) is 17.0 Å². The van der Waals surface area contributed by atoms with Crippen molar-refractivity contribution in [2.24, 2.45) is 0 Å². The molecule has 1 saturated carbocycles. The van der Waals surface area contributed by atoms with E-state index in [-0.39, 0.29) is 12.0 Å². The molecule has 0 radical (unpaired) electrons. The highest BCUT2D eigenvalue weighted by Crippen LogP contribution is 2.39. The number of rotatable bonds is 3. The summed E-state index contributed by atoms with van der Waals surface area (Å²) in [6.45, 7) is 0. The van der Waals surface area contributed by atoms with E-state index < -0.39 is 11.7 Å². The molecule has 3 aromatic heterocycles. The number of hydrogen-bond acceptors (Lipinski definition) is 3. The first-order chi connectivity index (χ1) is 13.5. The molecule has 3 heterocycles. The van der Waals surface area contributed by atoms with Crippen LogP contribution in [0.5, 0.6) is 5.88 Å². The number of H-pyrrole nitrogens is 1. The molecule has 1 N–H and O–H groups in total. The number of hydrogen-bond donors (Lipinski definition) is 1. The van der Waals surface area contributed by atoms with E-state index in [1.165, 1.54) is 6.20 Å². The van der Waals surface area contributed by atoms with E-state index >= 15 is 0 Å². The second-order valence-electron chi connectivity index (χ2n) is 7.05. The standard InChI is InChI=1S/C21H16F3N3O/c22-21(23,24)17-8-13(10-26-20(17)28-14-2-1-3-14)12-4-5-15-16-11-25-7-6-18(16)27-19(15)9-12/h4-11,14,27H,1-3H2. The Labute approximate surface area is 158 Å². The molecule has 0 spiro atoms. The minimum Gasteiger partial charge on any atom is -0.474 e. The van der Waals surface area contributed by atoms with Gasteiger partial charge in [0, 0.05) is 46.0 Å². The zero-order valence-corrected chi connectivity index (χ0v) is 14.8. The zero-order valence-electron chi connectivity index (χ0n) is 14.8. The predicted octanol–water partition coefficient (Wildman–Crippen LogP) is 5.73. The summed E-state index contributed by atoms with van der Waals surface area (Å²) in [6.07, 6.45) is 2.72. The Morgan fingerprint density at radius 3 is 2.57 bits per heavy atom. The van der Waals surface area contributed by atoms with E-state index in [0.717, 1.165) is 47.1 Å². The van der Waals surface area contributed by atoms with Crippen LogP contribution in [0.2, 0.25) is 0 Å². The van der Waals surface area contributed by atoms with Crippen molar-refractivity contribution in [3.63, 3.8) is 0 Å². The molecule has 0 saturated heterocycles. The van der Waals surface area contributed by atoms with E-state index in [9.17, 15) is 13.2 Å². The number of fused-ring (bicyclic) bond motifs is 3. The Balaban J connectivity index is 1.59. The topological polar surface area (TPSA) is 50.8 Å². The fourth-order valence-electron chi connectivity index (χ4n) is 3.48. The zero-order chi connectivity index (χ0) is 19.3. The molecule has 4 aromatic rings. The summed E-state index contributed by atoms with van der Waals surface area (Å²) in [5.41, 5.74) is 1.98. The number of benzene rings is 1. The van der Waals surface area contributed by atoms with Crippen molar-refractivity contribution in [3.05, 3.63) is 54.5 Å². The first kappa shape index (κ1) is 17.0. The van der Waals surface area contributed by atoms with Gasteiger partial charge in [0.25, 0.3) is 0 Å². The molecule has 1 fully saturated rings. The van der Waals surface area contributed by atoms with E-state index in [0.29, 0.717) is 11.1 Å². The van der Waals surface area contributed by atoms with Crippen LogP contribution in [-0.4, -0.2) is 21.1 Å². The van der Waals surface area contributed by atoms with Gasteiger partial charge in [0.15, 0.2) is 0 Å². The number of nitrogens with one attached hydrogen (secondary N) is 1. The van der Waals surface area contributed by atoms with Gasteiger partial charge in [-0.3, -0.25) is 4.98 Å². The second-order valence-corrected chi connectivity index (χ2v) is 7.05. The van der Waals surface area contributed by atoms with Crippen LogP contribution in [-0.2, 0) is 6.18 Å². The molecule has 0 bridgehead atoms. The molecular formula is C21H16F3N3O. The highest BCUT2D eigenvalue weighted by atomic mass is 19.4. The van der Waals surface area contributed by atoms with Crippen molar-refractivity contribution in [2.45, 2.75) is 31.5 Å². The second kappa shape index (κ2) is 6.22. The lowest BCUT2D eigenvalue weighted by Gasteiger charge is -2.27. The van der Waals surface area contributed by atoms with E-state index in [1.807, 2.05) is 18.2 Å². The SMILES string of the molecule is FC(F)(F)c1cc(-c2ccc3c(c2)[nH]c2ccncc23)cnc1OC1CCC1. The van der Waals surface area contributed by atoms with Crippen LogP contribution >= 0.6 is 0 Å². The lowest BCUT2D eigenvalue weighted by molar-refractivity contribution is -0.139.